The molecular weight excluding hydrogens is 348 g/mol. The number of carbonyl (C=O) groups is 1. The van der Waals surface area contributed by atoms with Crippen molar-refractivity contribution in [2.24, 2.45) is 0 Å². The Morgan fingerprint density at radius 3 is 2.68 bits per heavy atom. The maximum absolute atomic E-state index is 12.8. The third kappa shape index (κ3) is 4.03. The third-order valence-electron chi connectivity index (χ3n) is 5.22. The van der Waals surface area contributed by atoms with Crippen molar-refractivity contribution < 1.29 is 4.79 Å². The second-order valence-corrected chi connectivity index (χ2v) is 7.20. The van der Waals surface area contributed by atoms with Crippen molar-refractivity contribution >= 4 is 17.5 Å². The Labute approximate surface area is 165 Å². The molecule has 2 heterocycles. The van der Waals surface area contributed by atoms with Gasteiger partial charge in [-0.15, -0.1) is 0 Å². The molecule has 5 nitrogen and oxygen atoms in total. The number of anilines is 2. The quantitative estimate of drug-likeness (QED) is 0.730. The van der Waals surface area contributed by atoms with Crippen molar-refractivity contribution in [2.45, 2.75) is 25.7 Å². The normalized spacial score (nSPS) is 16.6. The summed E-state index contributed by atoms with van der Waals surface area (Å²) in [6.07, 6.45) is 3.80. The van der Waals surface area contributed by atoms with Crippen LogP contribution in [0.4, 0.5) is 11.6 Å². The highest BCUT2D eigenvalue weighted by atomic mass is 16.2. The Morgan fingerprint density at radius 1 is 1.07 bits per heavy atom. The number of benzene rings is 2. The van der Waals surface area contributed by atoms with E-state index >= 15 is 0 Å². The summed E-state index contributed by atoms with van der Waals surface area (Å²) in [7, 11) is 0. The SMILES string of the molecule is Cc1ccccc1Nc1nccc([C@@H]2CCCN(C(=O)c3ccccc3)C2)n1. The molecule has 1 aliphatic rings. The van der Waals surface area contributed by atoms with Crippen LogP contribution in [0.3, 0.4) is 0 Å². The van der Waals surface area contributed by atoms with Gasteiger partial charge in [0.05, 0.1) is 5.69 Å². The lowest BCUT2D eigenvalue weighted by Gasteiger charge is -2.32. The van der Waals surface area contributed by atoms with Crippen LogP contribution in [0.15, 0.2) is 66.9 Å². The highest BCUT2D eigenvalue weighted by Crippen LogP contribution is 2.27. The van der Waals surface area contributed by atoms with Crippen LogP contribution in [0.2, 0.25) is 0 Å². The van der Waals surface area contributed by atoms with Crippen molar-refractivity contribution in [3.05, 3.63) is 83.7 Å². The molecular formula is C23H24N4O. The van der Waals surface area contributed by atoms with E-state index in [0.29, 0.717) is 12.5 Å². The number of amides is 1. The van der Waals surface area contributed by atoms with Gasteiger partial charge in [-0.2, -0.15) is 0 Å². The highest BCUT2D eigenvalue weighted by Gasteiger charge is 2.26. The largest absolute Gasteiger partial charge is 0.338 e. The maximum atomic E-state index is 12.8. The fourth-order valence-electron chi connectivity index (χ4n) is 3.66. The first-order chi connectivity index (χ1) is 13.7. The predicted octanol–water partition coefficient (Wildman–Crippen LogP) is 4.55. The van der Waals surface area contributed by atoms with E-state index in [0.717, 1.165) is 41.9 Å². The summed E-state index contributed by atoms with van der Waals surface area (Å²) in [5.41, 5.74) is 3.88. The molecule has 1 N–H and O–H groups in total. The standard InChI is InChI=1S/C23H24N4O/c1-17-8-5-6-12-20(17)25-23-24-14-13-21(26-23)19-11-7-15-27(16-19)22(28)18-9-3-2-4-10-18/h2-6,8-10,12-14,19H,7,11,15-16H2,1H3,(H,24,25,26)/t19-/m1/s1. The van der Waals surface area contributed by atoms with Gasteiger partial charge in [-0.05, 0) is 49.6 Å². The Kier molecular flexibility index (Phi) is 5.33. The number of hydrogen-bond donors (Lipinski definition) is 1. The van der Waals surface area contributed by atoms with Crippen LogP contribution in [-0.2, 0) is 0 Å². The smallest absolute Gasteiger partial charge is 0.253 e. The van der Waals surface area contributed by atoms with Crippen molar-refractivity contribution in [1.82, 2.24) is 14.9 Å². The summed E-state index contributed by atoms with van der Waals surface area (Å²) in [6.45, 7) is 3.54. The van der Waals surface area contributed by atoms with Crippen molar-refractivity contribution in [1.29, 1.82) is 0 Å². The first-order valence-corrected chi connectivity index (χ1v) is 9.70. The van der Waals surface area contributed by atoms with E-state index in [-0.39, 0.29) is 11.8 Å². The summed E-state index contributed by atoms with van der Waals surface area (Å²) in [5, 5.41) is 3.31. The zero-order chi connectivity index (χ0) is 19.3. The second-order valence-electron chi connectivity index (χ2n) is 7.20. The van der Waals surface area contributed by atoms with Crippen molar-refractivity contribution in [2.75, 3.05) is 18.4 Å². The van der Waals surface area contributed by atoms with Crippen LogP contribution >= 0.6 is 0 Å². The number of carbonyl (C=O) groups excluding carboxylic acids is 1. The fraction of sp³-hybridized carbons (Fsp3) is 0.261. The van der Waals surface area contributed by atoms with E-state index in [9.17, 15) is 4.79 Å². The molecule has 1 aliphatic heterocycles. The number of aromatic nitrogens is 2. The van der Waals surface area contributed by atoms with Crippen LogP contribution in [0.1, 0.15) is 40.4 Å². The van der Waals surface area contributed by atoms with E-state index in [1.165, 1.54) is 0 Å². The van der Waals surface area contributed by atoms with Gasteiger partial charge in [0, 0.05) is 36.5 Å². The Bertz CT molecular complexity index is 958. The minimum Gasteiger partial charge on any atom is -0.338 e. The lowest BCUT2D eigenvalue weighted by molar-refractivity contribution is 0.0706. The van der Waals surface area contributed by atoms with Gasteiger partial charge in [0.15, 0.2) is 0 Å². The number of para-hydroxylation sites is 1. The van der Waals surface area contributed by atoms with Gasteiger partial charge in [-0.3, -0.25) is 4.79 Å². The molecule has 4 rings (SSSR count). The number of piperidine rings is 1. The third-order valence-corrected chi connectivity index (χ3v) is 5.22. The average molecular weight is 372 g/mol. The summed E-state index contributed by atoms with van der Waals surface area (Å²) in [4.78, 5) is 23.9. The molecule has 0 radical (unpaired) electrons. The number of likely N-dealkylation sites (tertiary alicyclic amines) is 1. The molecule has 5 heteroatoms. The lowest BCUT2D eigenvalue weighted by atomic mass is 9.94. The Morgan fingerprint density at radius 2 is 1.86 bits per heavy atom. The van der Waals surface area contributed by atoms with Gasteiger partial charge in [0.1, 0.15) is 0 Å². The van der Waals surface area contributed by atoms with Crippen LogP contribution in [0.5, 0.6) is 0 Å². The van der Waals surface area contributed by atoms with Gasteiger partial charge in [-0.25, -0.2) is 9.97 Å². The molecule has 0 bridgehead atoms. The first kappa shape index (κ1) is 18.2. The molecule has 1 atom stereocenters. The van der Waals surface area contributed by atoms with E-state index < -0.39 is 0 Å². The van der Waals surface area contributed by atoms with Gasteiger partial charge in [0.25, 0.3) is 5.91 Å². The van der Waals surface area contributed by atoms with E-state index in [2.05, 4.69) is 23.3 Å². The topological polar surface area (TPSA) is 58.1 Å². The number of nitrogens with zero attached hydrogens (tertiary/aromatic N) is 3. The Balaban J connectivity index is 1.49. The Hall–Kier alpha value is -3.21. The lowest BCUT2D eigenvalue weighted by Crippen LogP contribution is -2.39. The predicted molar refractivity (Wildman–Crippen MR) is 111 cm³/mol. The van der Waals surface area contributed by atoms with Gasteiger partial charge in [-0.1, -0.05) is 36.4 Å². The van der Waals surface area contributed by atoms with E-state index in [1.807, 2.05) is 59.5 Å². The molecule has 0 saturated carbocycles. The summed E-state index contributed by atoms with van der Waals surface area (Å²) < 4.78 is 0. The molecule has 0 spiro atoms. The molecule has 1 aromatic heterocycles. The zero-order valence-corrected chi connectivity index (χ0v) is 16.0. The van der Waals surface area contributed by atoms with E-state index in [4.69, 9.17) is 4.98 Å². The van der Waals surface area contributed by atoms with E-state index in [1.54, 1.807) is 6.20 Å². The molecule has 142 valence electrons. The molecule has 0 unspecified atom stereocenters. The second kappa shape index (κ2) is 8.21. The molecule has 3 aromatic rings. The monoisotopic (exact) mass is 372 g/mol. The first-order valence-electron chi connectivity index (χ1n) is 9.70. The highest BCUT2D eigenvalue weighted by molar-refractivity contribution is 5.94. The van der Waals surface area contributed by atoms with Gasteiger partial charge in [0.2, 0.25) is 5.95 Å². The number of hydrogen-bond acceptors (Lipinski definition) is 4. The molecule has 2 aromatic carbocycles. The maximum Gasteiger partial charge on any atom is 0.253 e. The number of nitrogens with one attached hydrogen (secondary N) is 1. The summed E-state index contributed by atoms with van der Waals surface area (Å²) in [5.74, 6) is 0.915. The summed E-state index contributed by atoms with van der Waals surface area (Å²) >= 11 is 0. The van der Waals surface area contributed by atoms with Gasteiger partial charge >= 0.3 is 0 Å². The molecule has 0 aliphatic carbocycles. The van der Waals surface area contributed by atoms with Crippen LogP contribution < -0.4 is 5.32 Å². The minimum absolute atomic E-state index is 0.0950. The number of aryl methyl sites for hydroxylation is 1. The van der Waals surface area contributed by atoms with Crippen LogP contribution in [0, 0.1) is 6.92 Å². The van der Waals surface area contributed by atoms with Crippen LogP contribution in [0.25, 0.3) is 0 Å². The average Bonchev–Trinajstić information content (AvgIpc) is 2.76. The molecule has 28 heavy (non-hydrogen) atoms. The van der Waals surface area contributed by atoms with Gasteiger partial charge < -0.3 is 10.2 Å². The van der Waals surface area contributed by atoms with Crippen LogP contribution in [-0.4, -0.2) is 33.9 Å². The summed E-state index contributed by atoms with van der Waals surface area (Å²) in [6, 6.07) is 19.5. The molecule has 1 saturated heterocycles. The molecule has 1 amide bonds. The fourth-order valence-corrected chi connectivity index (χ4v) is 3.66. The zero-order valence-electron chi connectivity index (χ0n) is 16.0. The molecule has 1 fully saturated rings. The van der Waals surface area contributed by atoms with Crippen molar-refractivity contribution in [3.63, 3.8) is 0 Å². The minimum atomic E-state index is 0.0950. The van der Waals surface area contributed by atoms with Crippen molar-refractivity contribution in [3.8, 4) is 0 Å². The number of rotatable bonds is 4.